The Bertz CT molecular complexity index is 1140. The molecule has 0 bridgehead atoms. The molecule has 0 saturated carbocycles. The molecule has 0 aromatic heterocycles. The van der Waals surface area contributed by atoms with E-state index in [-0.39, 0.29) is 11.3 Å². The normalized spacial score (nSPS) is 13.6. The Morgan fingerprint density at radius 3 is 2.12 bits per heavy atom. The van der Waals surface area contributed by atoms with Crippen LogP contribution in [0.15, 0.2) is 60.7 Å². The Morgan fingerprint density at radius 2 is 1.56 bits per heavy atom. The highest BCUT2D eigenvalue weighted by atomic mass is 16.5. The SMILES string of the molecule is Cc1c(OC(c2ccc(C(N)=O)cc2)c2ccc(C(=O)O)cc2)ccc2c1OCCC2=O. The lowest BCUT2D eigenvalue weighted by Crippen LogP contribution is -2.17. The molecule has 1 heterocycles. The first-order valence-corrected chi connectivity index (χ1v) is 10.0. The minimum Gasteiger partial charge on any atom is -0.492 e. The van der Waals surface area contributed by atoms with Gasteiger partial charge in [0.1, 0.15) is 17.6 Å². The molecule has 32 heavy (non-hydrogen) atoms. The van der Waals surface area contributed by atoms with E-state index in [0.717, 1.165) is 11.1 Å². The smallest absolute Gasteiger partial charge is 0.335 e. The van der Waals surface area contributed by atoms with Crippen LogP contribution in [0.1, 0.15) is 60.3 Å². The van der Waals surface area contributed by atoms with Gasteiger partial charge in [-0.05, 0) is 54.4 Å². The number of carbonyl (C=O) groups excluding carboxylic acids is 2. The van der Waals surface area contributed by atoms with E-state index in [2.05, 4.69) is 0 Å². The molecule has 1 atom stereocenters. The van der Waals surface area contributed by atoms with Gasteiger partial charge in [-0.1, -0.05) is 24.3 Å². The number of carboxylic acids is 1. The van der Waals surface area contributed by atoms with Gasteiger partial charge < -0.3 is 20.3 Å². The van der Waals surface area contributed by atoms with E-state index in [1.807, 2.05) is 6.92 Å². The van der Waals surface area contributed by atoms with Crippen molar-refractivity contribution in [2.24, 2.45) is 5.73 Å². The van der Waals surface area contributed by atoms with Crippen LogP contribution in [0.5, 0.6) is 11.5 Å². The van der Waals surface area contributed by atoms with Crippen LogP contribution in [-0.2, 0) is 0 Å². The third-order valence-electron chi connectivity index (χ3n) is 5.44. The standard InChI is InChI=1S/C25H21NO6/c1-14-21(11-10-19-20(27)12-13-31-22(14)19)32-23(15-2-6-17(7-3-15)24(26)28)16-4-8-18(9-5-16)25(29)30/h2-11,23H,12-13H2,1H3,(H2,26,28)(H,29,30). The molecule has 3 N–H and O–H groups in total. The molecule has 1 aliphatic rings. The average Bonchev–Trinajstić information content (AvgIpc) is 2.79. The average molecular weight is 431 g/mol. The monoisotopic (exact) mass is 431 g/mol. The second-order valence-corrected chi connectivity index (χ2v) is 7.50. The molecule has 1 amide bonds. The minimum atomic E-state index is -1.02. The van der Waals surface area contributed by atoms with Gasteiger partial charge in [-0.2, -0.15) is 0 Å². The predicted octanol–water partition coefficient (Wildman–Crippen LogP) is 3.93. The maximum Gasteiger partial charge on any atom is 0.335 e. The second kappa shape index (κ2) is 8.55. The maximum atomic E-state index is 12.2. The Balaban J connectivity index is 1.75. The fourth-order valence-electron chi connectivity index (χ4n) is 3.67. The molecule has 1 unspecified atom stereocenters. The summed E-state index contributed by atoms with van der Waals surface area (Å²) in [5.41, 5.74) is 8.58. The van der Waals surface area contributed by atoms with E-state index >= 15 is 0 Å². The first kappa shape index (κ1) is 21.1. The summed E-state index contributed by atoms with van der Waals surface area (Å²) in [5, 5.41) is 9.20. The number of aromatic carboxylic acids is 1. The highest BCUT2D eigenvalue weighted by Crippen LogP contribution is 2.38. The van der Waals surface area contributed by atoms with E-state index in [4.69, 9.17) is 15.2 Å². The summed E-state index contributed by atoms with van der Waals surface area (Å²) in [6.07, 6.45) is -0.256. The van der Waals surface area contributed by atoms with Crippen molar-refractivity contribution in [1.29, 1.82) is 0 Å². The fraction of sp³-hybridized carbons (Fsp3) is 0.160. The zero-order valence-electron chi connectivity index (χ0n) is 17.3. The number of ether oxygens (including phenoxy) is 2. The van der Waals surface area contributed by atoms with Gasteiger partial charge in [0.15, 0.2) is 5.78 Å². The third-order valence-corrected chi connectivity index (χ3v) is 5.44. The fourth-order valence-corrected chi connectivity index (χ4v) is 3.67. The molecule has 0 fully saturated rings. The van der Waals surface area contributed by atoms with Crippen LogP contribution in [0.4, 0.5) is 0 Å². The molecule has 0 radical (unpaired) electrons. The summed E-state index contributed by atoms with van der Waals surface area (Å²) in [5.74, 6) is -0.476. The number of nitrogens with two attached hydrogens (primary N) is 1. The van der Waals surface area contributed by atoms with Crippen LogP contribution in [-0.4, -0.2) is 29.4 Å². The zero-order valence-corrected chi connectivity index (χ0v) is 17.3. The van der Waals surface area contributed by atoms with E-state index < -0.39 is 18.0 Å². The highest BCUT2D eigenvalue weighted by Gasteiger charge is 2.24. The van der Waals surface area contributed by atoms with Crippen molar-refractivity contribution >= 4 is 17.7 Å². The van der Waals surface area contributed by atoms with Crippen molar-refractivity contribution in [3.63, 3.8) is 0 Å². The van der Waals surface area contributed by atoms with Crippen LogP contribution in [0.25, 0.3) is 0 Å². The first-order chi connectivity index (χ1) is 15.3. The van der Waals surface area contributed by atoms with Gasteiger partial charge in [0, 0.05) is 17.5 Å². The van der Waals surface area contributed by atoms with Gasteiger partial charge in [-0.3, -0.25) is 9.59 Å². The quantitative estimate of drug-likeness (QED) is 0.611. The van der Waals surface area contributed by atoms with Crippen LogP contribution >= 0.6 is 0 Å². The zero-order chi connectivity index (χ0) is 22.8. The molecule has 0 saturated heterocycles. The second-order valence-electron chi connectivity index (χ2n) is 7.50. The van der Waals surface area contributed by atoms with Crippen LogP contribution in [0.2, 0.25) is 0 Å². The lowest BCUT2D eigenvalue weighted by atomic mass is 9.98. The van der Waals surface area contributed by atoms with Gasteiger partial charge in [0.05, 0.1) is 17.7 Å². The number of carboxylic acid groups (broad SMARTS) is 1. The summed E-state index contributed by atoms with van der Waals surface area (Å²) >= 11 is 0. The summed E-state index contributed by atoms with van der Waals surface area (Å²) in [4.78, 5) is 34.9. The summed E-state index contributed by atoms with van der Waals surface area (Å²) in [7, 11) is 0. The lowest BCUT2D eigenvalue weighted by Gasteiger charge is -2.24. The number of amides is 1. The summed E-state index contributed by atoms with van der Waals surface area (Å²) in [6.45, 7) is 2.15. The van der Waals surface area contributed by atoms with E-state index in [1.165, 1.54) is 12.1 Å². The molecule has 3 aromatic carbocycles. The van der Waals surface area contributed by atoms with E-state index in [1.54, 1.807) is 48.5 Å². The molecule has 162 valence electrons. The number of primary amides is 1. The molecular formula is C25H21NO6. The molecule has 3 aromatic rings. The number of fused-ring (bicyclic) bond motifs is 1. The predicted molar refractivity (Wildman–Crippen MR) is 116 cm³/mol. The molecule has 0 aliphatic carbocycles. The number of hydrogen-bond acceptors (Lipinski definition) is 5. The summed E-state index contributed by atoms with van der Waals surface area (Å²) in [6, 6.07) is 16.5. The van der Waals surface area contributed by atoms with Crippen molar-refractivity contribution in [1.82, 2.24) is 0 Å². The van der Waals surface area contributed by atoms with E-state index in [9.17, 15) is 19.5 Å². The molecule has 4 rings (SSSR count). The van der Waals surface area contributed by atoms with Gasteiger partial charge in [-0.25, -0.2) is 4.79 Å². The number of carbonyl (C=O) groups is 3. The van der Waals surface area contributed by atoms with Crippen molar-refractivity contribution in [2.45, 2.75) is 19.4 Å². The third kappa shape index (κ3) is 4.05. The number of benzene rings is 3. The molecule has 7 heteroatoms. The first-order valence-electron chi connectivity index (χ1n) is 10.0. The van der Waals surface area contributed by atoms with Crippen LogP contribution < -0.4 is 15.2 Å². The highest BCUT2D eigenvalue weighted by molar-refractivity contribution is 6.00. The van der Waals surface area contributed by atoms with Gasteiger partial charge in [-0.15, -0.1) is 0 Å². The van der Waals surface area contributed by atoms with Crippen molar-refractivity contribution in [2.75, 3.05) is 6.61 Å². The Morgan fingerprint density at radius 1 is 0.969 bits per heavy atom. The molecule has 1 aliphatic heterocycles. The minimum absolute atomic E-state index is 0.0312. The maximum absolute atomic E-state index is 12.2. The topological polar surface area (TPSA) is 116 Å². The van der Waals surface area contributed by atoms with Gasteiger partial charge in [0.2, 0.25) is 5.91 Å². The van der Waals surface area contributed by atoms with Gasteiger partial charge >= 0.3 is 5.97 Å². The van der Waals surface area contributed by atoms with Crippen molar-refractivity contribution in [3.8, 4) is 11.5 Å². The number of Topliss-reactive ketones (excluding diaryl/α,β-unsaturated/α-hetero) is 1. The largest absolute Gasteiger partial charge is 0.492 e. The van der Waals surface area contributed by atoms with E-state index in [0.29, 0.717) is 41.2 Å². The lowest BCUT2D eigenvalue weighted by molar-refractivity contribution is 0.0696. The molecule has 0 spiro atoms. The van der Waals surface area contributed by atoms with Gasteiger partial charge in [0.25, 0.3) is 0 Å². The summed E-state index contributed by atoms with van der Waals surface area (Å²) < 4.78 is 12.1. The van der Waals surface area contributed by atoms with Crippen molar-refractivity contribution in [3.05, 3.63) is 94.0 Å². The number of ketones is 1. The Kier molecular flexibility index (Phi) is 5.64. The van der Waals surface area contributed by atoms with Crippen LogP contribution in [0.3, 0.4) is 0 Å². The number of hydrogen-bond donors (Lipinski definition) is 2. The molecular weight excluding hydrogens is 410 g/mol. The Labute approximate surface area is 184 Å². The van der Waals surface area contributed by atoms with Crippen molar-refractivity contribution < 1.29 is 29.0 Å². The van der Waals surface area contributed by atoms with Crippen LogP contribution in [0, 0.1) is 6.92 Å². The Hall–Kier alpha value is -4.13. The molecule has 7 nitrogen and oxygen atoms in total. The number of rotatable bonds is 6.